The molecule has 0 aromatic carbocycles. The van der Waals surface area contributed by atoms with Gasteiger partial charge in [-0.2, -0.15) is 0 Å². The molecular weight excluding hydrogens is 196 g/mol. The third kappa shape index (κ3) is 2.08. The smallest absolute Gasteiger partial charge is 0.245 e. The molecule has 13 heavy (non-hydrogen) atoms. The summed E-state index contributed by atoms with van der Waals surface area (Å²) < 4.78 is 25.1. The number of halogens is 3. The fourth-order valence-corrected chi connectivity index (χ4v) is 1.89. The van der Waals surface area contributed by atoms with Crippen molar-refractivity contribution in [3.05, 3.63) is 11.3 Å². The topological polar surface area (TPSA) is 12.4 Å². The van der Waals surface area contributed by atoms with E-state index in [9.17, 15) is 8.78 Å². The first-order valence-corrected chi connectivity index (χ1v) is 4.67. The fourth-order valence-electron chi connectivity index (χ4n) is 1.53. The van der Waals surface area contributed by atoms with E-state index in [1.807, 2.05) is 6.92 Å². The highest BCUT2D eigenvalue weighted by molar-refractivity contribution is 6.66. The Morgan fingerprint density at radius 3 is 2.62 bits per heavy atom. The molecule has 1 aliphatic heterocycles. The average Bonchev–Trinajstić information content (AvgIpc) is 2.27. The van der Waals surface area contributed by atoms with E-state index in [1.54, 1.807) is 6.92 Å². The van der Waals surface area contributed by atoms with Crippen LogP contribution in [0.4, 0.5) is 8.78 Å². The largest absolute Gasteiger partial charge is 0.251 e. The van der Waals surface area contributed by atoms with Crippen molar-refractivity contribution in [2.75, 3.05) is 0 Å². The lowest BCUT2D eigenvalue weighted by molar-refractivity contribution is 0.123. The Labute approximate surface area is 81.5 Å². The third-order valence-electron chi connectivity index (χ3n) is 2.14. The molecule has 0 aromatic heterocycles. The maximum atomic E-state index is 12.5. The summed E-state index contributed by atoms with van der Waals surface area (Å²) in [6.45, 7) is 3.69. The number of hydrogen-bond donors (Lipinski definition) is 0. The molecular formula is C9H12ClF2N. The first-order valence-electron chi connectivity index (χ1n) is 4.29. The van der Waals surface area contributed by atoms with Gasteiger partial charge in [-0.15, -0.1) is 0 Å². The zero-order valence-electron chi connectivity index (χ0n) is 7.65. The maximum Gasteiger partial charge on any atom is 0.251 e. The van der Waals surface area contributed by atoms with Gasteiger partial charge in [0.05, 0.1) is 5.92 Å². The van der Waals surface area contributed by atoms with Gasteiger partial charge in [0.1, 0.15) is 5.17 Å². The van der Waals surface area contributed by atoms with Gasteiger partial charge in [-0.05, 0) is 18.9 Å². The van der Waals surface area contributed by atoms with Crippen LogP contribution in [0.15, 0.2) is 16.3 Å². The van der Waals surface area contributed by atoms with Gasteiger partial charge in [-0.1, -0.05) is 24.9 Å². The maximum absolute atomic E-state index is 12.5. The quantitative estimate of drug-likeness (QED) is 0.671. The van der Waals surface area contributed by atoms with Gasteiger partial charge in [0, 0.05) is 5.70 Å². The van der Waals surface area contributed by atoms with E-state index in [4.69, 9.17) is 11.6 Å². The monoisotopic (exact) mass is 207 g/mol. The lowest BCUT2D eigenvalue weighted by Gasteiger charge is -2.12. The molecule has 0 radical (unpaired) electrons. The van der Waals surface area contributed by atoms with E-state index >= 15 is 0 Å². The summed E-state index contributed by atoms with van der Waals surface area (Å²) in [5, 5.41) is 0.0379. The van der Waals surface area contributed by atoms with E-state index in [2.05, 4.69) is 4.99 Å². The second-order valence-corrected chi connectivity index (χ2v) is 3.49. The molecule has 0 saturated carbocycles. The van der Waals surface area contributed by atoms with Crippen molar-refractivity contribution in [2.24, 2.45) is 10.9 Å². The number of aliphatic imine (C=N–C) groups is 1. The molecule has 1 nitrogen and oxygen atoms in total. The van der Waals surface area contributed by atoms with Gasteiger partial charge in [0.25, 0.3) is 6.43 Å². The van der Waals surface area contributed by atoms with Crippen LogP contribution in [0, 0.1) is 5.92 Å². The van der Waals surface area contributed by atoms with Crippen molar-refractivity contribution in [3.8, 4) is 0 Å². The van der Waals surface area contributed by atoms with Crippen molar-refractivity contribution in [2.45, 2.75) is 33.1 Å². The summed E-state index contributed by atoms with van der Waals surface area (Å²) in [5.74, 6) is -0.943. The van der Waals surface area contributed by atoms with E-state index in [-0.39, 0.29) is 5.17 Å². The van der Waals surface area contributed by atoms with Gasteiger partial charge in [0.2, 0.25) is 0 Å². The van der Waals surface area contributed by atoms with Crippen molar-refractivity contribution in [1.82, 2.24) is 0 Å². The molecule has 0 N–H and O–H groups in total. The second-order valence-electron chi connectivity index (χ2n) is 3.11. The molecule has 1 atom stereocenters. The molecule has 1 unspecified atom stereocenters. The van der Waals surface area contributed by atoms with Crippen LogP contribution in [0.1, 0.15) is 26.7 Å². The van der Waals surface area contributed by atoms with Gasteiger partial charge >= 0.3 is 0 Å². The lowest BCUT2D eigenvalue weighted by atomic mass is 9.97. The highest BCUT2D eigenvalue weighted by Gasteiger charge is 2.33. The van der Waals surface area contributed by atoms with Crippen LogP contribution in [0.25, 0.3) is 0 Å². The Morgan fingerprint density at radius 1 is 1.54 bits per heavy atom. The minimum absolute atomic E-state index is 0.0379. The predicted octanol–water partition coefficient (Wildman–Crippen LogP) is 3.59. The first kappa shape index (κ1) is 10.6. The Kier molecular flexibility index (Phi) is 3.42. The fraction of sp³-hybridized carbons (Fsp3) is 0.667. The summed E-state index contributed by atoms with van der Waals surface area (Å²) in [6.07, 6.45) is -0.939. The number of nitrogens with zero attached hydrogens (tertiary/aromatic N) is 1. The number of alkyl halides is 2. The summed E-state index contributed by atoms with van der Waals surface area (Å²) >= 11 is 5.63. The zero-order valence-corrected chi connectivity index (χ0v) is 8.41. The normalized spacial score (nSPS) is 22.9. The molecule has 1 heterocycles. The Balaban J connectivity index is 2.87. The second kappa shape index (κ2) is 4.18. The Hall–Kier alpha value is -0.440. The van der Waals surface area contributed by atoms with E-state index in [0.717, 1.165) is 6.42 Å². The van der Waals surface area contributed by atoms with Gasteiger partial charge in [-0.3, -0.25) is 0 Å². The third-order valence-corrected chi connectivity index (χ3v) is 2.46. The average molecular weight is 208 g/mol. The molecule has 1 aliphatic rings. The van der Waals surface area contributed by atoms with E-state index < -0.39 is 12.3 Å². The lowest BCUT2D eigenvalue weighted by Crippen LogP contribution is -2.17. The minimum atomic E-state index is -2.43. The zero-order chi connectivity index (χ0) is 10.0. The summed E-state index contributed by atoms with van der Waals surface area (Å²) in [7, 11) is 0. The molecule has 4 heteroatoms. The molecule has 74 valence electrons. The van der Waals surface area contributed by atoms with Crippen LogP contribution in [0.5, 0.6) is 0 Å². The van der Waals surface area contributed by atoms with Crippen LogP contribution >= 0.6 is 11.6 Å². The molecule has 0 amide bonds. The van der Waals surface area contributed by atoms with E-state index in [1.165, 1.54) is 0 Å². The number of allylic oxidation sites excluding steroid dienone is 2. The SMILES string of the molecule is CCCC1=C(C)N=C(Cl)C1C(F)F. The highest BCUT2D eigenvalue weighted by Crippen LogP contribution is 2.34. The van der Waals surface area contributed by atoms with Crippen LogP contribution in [-0.4, -0.2) is 11.6 Å². The molecule has 0 fully saturated rings. The summed E-state index contributed by atoms with van der Waals surface area (Å²) in [4.78, 5) is 3.87. The molecule has 0 aromatic rings. The molecule has 0 spiro atoms. The predicted molar refractivity (Wildman–Crippen MR) is 50.4 cm³/mol. The molecule has 1 rings (SSSR count). The van der Waals surface area contributed by atoms with E-state index in [0.29, 0.717) is 17.7 Å². The van der Waals surface area contributed by atoms with Crippen molar-refractivity contribution < 1.29 is 8.78 Å². The Bertz CT molecular complexity index is 258. The minimum Gasteiger partial charge on any atom is -0.245 e. The van der Waals surface area contributed by atoms with Crippen LogP contribution in [0.3, 0.4) is 0 Å². The molecule has 0 aliphatic carbocycles. The van der Waals surface area contributed by atoms with Crippen LogP contribution < -0.4 is 0 Å². The number of hydrogen-bond acceptors (Lipinski definition) is 1. The van der Waals surface area contributed by atoms with Crippen LogP contribution in [0.2, 0.25) is 0 Å². The van der Waals surface area contributed by atoms with Crippen molar-refractivity contribution in [3.63, 3.8) is 0 Å². The van der Waals surface area contributed by atoms with Crippen LogP contribution in [-0.2, 0) is 0 Å². The van der Waals surface area contributed by atoms with Gasteiger partial charge in [-0.25, -0.2) is 13.8 Å². The summed E-state index contributed by atoms with van der Waals surface area (Å²) in [5.41, 5.74) is 1.36. The van der Waals surface area contributed by atoms with Gasteiger partial charge in [0.15, 0.2) is 0 Å². The van der Waals surface area contributed by atoms with Gasteiger partial charge < -0.3 is 0 Å². The highest BCUT2D eigenvalue weighted by atomic mass is 35.5. The standard InChI is InChI=1S/C9H12ClF2N/c1-3-4-6-5(2)13-8(10)7(6)9(11)12/h7,9H,3-4H2,1-2H3. The first-order chi connectivity index (χ1) is 6.07. The number of rotatable bonds is 3. The van der Waals surface area contributed by atoms with Crippen molar-refractivity contribution >= 4 is 16.8 Å². The Morgan fingerprint density at radius 2 is 2.15 bits per heavy atom. The molecule has 0 bridgehead atoms. The molecule has 0 saturated heterocycles. The summed E-state index contributed by atoms with van der Waals surface area (Å²) in [6, 6.07) is 0. The van der Waals surface area contributed by atoms with Crippen molar-refractivity contribution in [1.29, 1.82) is 0 Å².